The summed E-state index contributed by atoms with van der Waals surface area (Å²) in [5.41, 5.74) is 3.46. The van der Waals surface area contributed by atoms with Gasteiger partial charge < -0.3 is 0 Å². The summed E-state index contributed by atoms with van der Waals surface area (Å²) in [5, 5.41) is 3.30. The number of carbonyl (C=O) groups is 1. The zero-order chi connectivity index (χ0) is 19.1. The van der Waals surface area contributed by atoms with Crippen molar-refractivity contribution in [3.8, 4) is 0 Å². The average molecular weight is 390 g/mol. The molecular weight excluding hydrogens is 370 g/mol. The van der Waals surface area contributed by atoms with Crippen molar-refractivity contribution in [2.24, 2.45) is 0 Å². The zero-order valence-electron chi connectivity index (χ0n) is 14.9. The molecule has 0 aliphatic heterocycles. The van der Waals surface area contributed by atoms with Crippen LogP contribution in [0.5, 0.6) is 0 Å². The van der Waals surface area contributed by atoms with E-state index in [4.69, 9.17) is 0 Å². The quantitative estimate of drug-likeness (QED) is 0.741. The largest absolute Gasteiger partial charge is 0.298 e. The van der Waals surface area contributed by atoms with Crippen LogP contribution in [0.4, 0.5) is 5.13 Å². The average Bonchev–Trinajstić information content (AvgIpc) is 2.97. The van der Waals surface area contributed by atoms with Gasteiger partial charge in [0.25, 0.3) is 5.91 Å². The van der Waals surface area contributed by atoms with Gasteiger partial charge in [-0.2, -0.15) is 0 Å². The van der Waals surface area contributed by atoms with Crippen molar-refractivity contribution < 1.29 is 13.2 Å². The lowest BCUT2D eigenvalue weighted by Gasteiger charge is -2.11. The van der Waals surface area contributed by atoms with Gasteiger partial charge in [-0.05, 0) is 55.3 Å². The first-order valence-corrected chi connectivity index (χ1v) is 10.2. The van der Waals surface area contributed by atoms with Crippen LogP contribution in [0.25, 0.3) is 10.2 Å². The lowest BCUT2D eigenvalue weighted by Crippen LogP contribution is -2.22. The van der Waals surface area contributed by atoms with Gasteiger partial charge in [0.2, 0.25) is 10.0 Å². The van der Waals surface area contributed by atoms with Crippen molar-refractivity contribution >= 4 is 42.6 Å². The number of benzene rings is 2. The summed E-state index contributed by atoms with van der Waals surface area (Å²) in [7, 11) is -0.583. The Hall–Kier alpha value is -2.29. The third-order valence-electron chi connectivity index (χ3n) is 3.95. The van der Waals surface area contributed by atoms with Crippen LogP contribution in [-0.4, -0.2) is 37.7 Å². The number of amides is 1. The minimum absolute atomic E-state index is 0.144. The second kappa shape index (κ2) is 6.79. The van der Waals surface area contributed by atoms with E-state index in [1.807, 2.05) is 19.9 Å². The Morgan fingerprint density at radius 3 is 2.38 bits per heavy atom. The fourth-order valence-electron chi connectivity index (χ4n) is 2.58. The first-order valence-electron chi connectivity index (χ1n) is 7.90. The van der Waals surface area contributed by atoms with Crippen molar-refractivity contribution in [3.63, 3.8) is 0 Å². The molecule has 0 aliphatic carbocycles. The van der Waals surface area contributed by atoms with E-state index in [-0.39, 0.29) is 10.8 Å². The molecule has 1 heterocycles. The Bertz CT molecular complexity index is 1080. The number of rotatable bonds is 4. The molecule has 0 bridgehead atoms. The lowest BCUT2D eigenvalue weighted by atomic mass is 10.1. The highest BCUT2D eigenvalue weighted by atomic mass is 32.2. The zero-order valence-corrected chi connectivity index (χ0v) is 16.5. The monoisotopic (exact) mass is 389 g/mol. The number of anilines is 1. The standard InChI is InChI=1S/C18H19N3O3S2/c1-11-9-12(2)16-15(10-11)25-18(19-16)20-17(22)13-5-7-14(8-6-13)26(23,24)21(3)4/h5-10H,1-4H3,(H,19,20,22). The molecule has 3 rings (SSSR count). The Morgan fingerprint density at radius 2 is 1.77 bits per heavy atom. The highest BCUT2D eigenvalue weighted by Crippen LogP contribution is 2.29. The van der Waals surface area contributed by atoms with Gasteiger partial charge in [-0.15, -0.1) is 0 Å². The molecule has 0 aliphatic rings. The number of hydrogen-bond acceptors (Lipinski definition) is 5. The van der Waals surface area contributed by atoms with Crippen LogP contribution in [0.3, 0.4) is 0 Å². The number of sulfonamides is 1. The van der Waals surface area contributed by atoms with E-state index < -0.39 is 10.0 Å². The molecule has 0 saturated heterocycles. The maximum atomic E-state index is 12.4. The molecule has 0 radical (unpaired) electrons. The molecule has 8 heteroatoms. The number of hydrogen-bond donors (Lipinski definition) is 1. The smallest absolute Gasteiger partial charge is 0.257 e. The number of nitrogens with zero attached hydrogens (tertiary/aromatic N) is 2. The normalized spacial score (nSPS) is 11.9. The molecule has 0 spiro atoms. The fourth-order valence-corrected chi connectivity index (χ4v) is 4.52. The molecule has 2 aromatic carbocycles. The van der Waals surface area contributed by atoms with E-state index in [1.54, 1.807) is 0 Å². The highest BCUT2D eigenvalue weighted by molar-refractivity contribution is 7.89. The first-order chi connectivity index (χ1) is 12.2. The van der Waals surface area contributed by atoms with Crippen LogP contribution in [0.1, 0.15) is 21.5 Å². The SMILES string of the molecule is Cc1cc(C)c2nc(NC(=O)c3ccc(S(=O)(=O)N(C)C)cc3)sc2c1. The molecule has 1 amide bonds. The third kappa shape index (κ3) is 3.48. The summed E-state index contributed by atoms with van der Waals surface area (Å²) in [4.78, 5) is 17.1. The molecule has 6 nitrogen and oxygen atoms in total. The van der Waals surface area contributed by atoms with Gasteiger partial charge in [0.1, 0.15) is 0 Å². The highest BCUT2D eigenvalue weighted by Gasteiger charge is 2.18. The van der Waals surface area contributed by atoms with E-state index in [9.17, 15) is 13.2 Å². The minimum atomic E-state index is -3.51. The van der Waals surface area contributed by atoms with Crippen LogP contribution in [0, 0.1) is 13.8 Å². The second-order valence-electron chi connectivity index (χ2n) is 6.21. The van der Waals surface area contributed by atoms with E-state index in [2.05, 4.69) is 16.4 Å². The van der Waals surface area contributed by atoms with Crippen molar-refractivity contribution in [2.45, 2.75) is 18.7 Å². The number of aromatic nitrogens is 1. The van der Waals surface area contributed by atoms with Gasteiger partial charge in [0.15, 0.2) is 5.13 Å². The summed E-state index contributed by atoms with van der Waals surface area (Å²) in [5.74, 6) is -0.327. The molecule has 1 aromatic heterocycles. The molecule has 1 N–H and O–H groups in total. The Labute approximate surface area is 156 Å². The van der Waals surface area contributed by atoms with E-state index >= 15 is 0 Å². The molecule has 136 valence electrons. The van der Waals surface area contributed by atoms with Gasteiger partial charge >= 0.3 is 0 Å². The third-order valence-corrected chi connectivity index (χ3v) is 6.69. The van der Waals surface area contributed by atoms with E-state index in [0.29, 0.717) is 10.7 Å². The first kappa shape index (κ1) is 18.5. The van der Waals surface area contributed by atoms with Crippen molar-refractivity contribution in [1.82, 2.24) is 9.29 Å². The van der Waals surface area contributed by atoms with Gasteiger partial charge in [-0.25, -0.2) is 17.7 Å². The summed E-state index contributed by atoms with van der Waals surface area (Å²) in [6, 6.07) is 9.93. The minimum Gasteiger partial charge on any atom is -0.298 e. The molecule has 0 atom stereocenters. The summed E-state index contributed by atoms with van der Waals surface area (Å²) in [6.45, 7) is 4.01. The topological polar surface area (TPSA) is 79.4 Å². The number of carbonyl (C=O) groups excluding carboxylic acids is 1. The predicted molar refractivity (Wildman–Crippen MR) is 104 cm³/mol. The van der Waals surface area contributed by atoms with Gasteiger partial charge in [-0.3, -0.25) is 10.1 Å². The number of fused-ring (bicyclic) bond motifs is 1. The Kier molecular flexibility index (Phi) is 4.83. The van der Waals surface area contributed by atoms with Gasteiger partial charge in [0.05, 0.1) is 15.1 Å². The van der Waals surface area contributed by atoms with Crippen molar-refractivity contribution in [3.05, 3.63) is 53.1 Å². The molecule has 3 aromatic rings. The van der Waals surface area contributed by atoms with Crippen LogP contribution in [0.15, 0.2) is 41.3 Å². The van der Waals surface area contributed by atoms with Gasteiger partial charge in [0, 0.05) is 19.7 Å². The lowest BCUT2D eigenvalue weighted by molar-refractivity contribution is 0.102. The summed E-state index contributed by atoms with van der Waals surface area (Å²) >= 11 is 1.41. The molecule has 0 saturated carbocycles. The molecular formula is C18H19N3O3S2. The van der Waals surface area contributed by atoms with Crippen LogP contribution in [-0.2, 0) is 10.0 Å². The number of aryl methyl sites for hydroxylation is 2. The maximum Gasteiger partial charge on any atom is 0.257 e. The number of thiazole rings is 1. The Balaban J connectivity index is 1.83. The van der Waals surface area contributed by atoms with Crippen molar-refractivity contribution in [1.29, 1.82) is 0 Å². The van der Waals surface area contributed by atoms with Crippen LogP contribution < -0.4 is 5.32 Å². The predicted octanol–water partition coefficient (Wildman–Crippen LogP) is 3.42. The van der Waals surface area contributed by atoms with Crippen LogP contribution in [0.2, 0.25) is 0 Å². The van der Waals surface area contributed by atoms with Crippen molar-refractivity contribution in [2.75, 3.05) is 19.4 Å². The number of nitrogens with one attached hydrogen (secondary N) is 1. The maximum absolute atomic E-state index is 12.4. The van der Waals surface area contributed by atoms with Gasteiger partial charge in [-0.1, -0.05) is 17.4 Å². The van der Waals surface area contributed by atoms with E-state index in [0.717, 1.165) is 25.6 Å². The molecule has 26 heavy (non-hydrogen) atoms. The Morgan fingerprint density at radius 1 is 1.12 bits per heavy atom. The summed E-state index contributed by atoms with van der Waals surface area (Å²) < 4.78 is 26.3. The fraction of sp³-hybridized carbons (Fsp3) is 0.222. The molecule has 0 unspecified atom stereocenters. The summed E-state index contributed by atoms with van der Waals surface area (Å²) in [6.07, 6.45) is 0. The van der Waals surface area contributed by atoms with Crippen LogP contribution >= 0.6 is 11.3 Å². The second-order valence-corrected chi connectivity index (χ2v) is 9.40. The molecule has 0 fully saturated rings. The van der Waals surface area contributed by atoms with E-state index in [1.165, 1.54) is 49.7 Å².